The van der Waals surface area contributed by atoms with Gasteiger partial charge in [0.2, 0.25) is 5.91 Å². The summed E-state index contributed by atoms with van der Waals surface area (Å²) in [4.78, 5) is 46.6. The second-order valence-electron chi connectivity index (χ2n) is 6.75. The highest BCUT2D eigenvalue weighted by Crippen LogP contribution is 2.16. The van der Waals surface area contributed by atoms with Crippen molar-refractivity contribution in [3.63, 3.8) is 0 Å². The van der Waals surface area contributed by atoms with Gasteiger partial charge in [0, 0.05) is 23.5 Å². The first kappa shape index (κ1) is 21.3. The van der Waals surface area contributed by atoms with Crippen molar-refractivity contribution in [2.24, 2.45) is 0 Å². The molecule has 0 aliphatic rings. The lowest BCUT2D eigenvalue weighted by Gasteiger charge is -2.13. The molecular weight excluding hydrogens is 444 g/mol. The van der Waals surface area contributed by atoms with Crippen molar-refractivity contribution in [3.05, 3.63) is 97.9 Å². The fourth-order valence-electron chi connectivity index (χ4n) is 3.14. The van der Waals surface area contributed by atoms with E-state index in [2.05, 4.69) is 15.3 Å². The third kappa shape index (κ3) is 4.12. The minimum Gasteiger partial charge on any atom is -0.322 e. The van der Waals surface area contributed by atoms with Gasteiger partial charge in [-0.05, 0) is 23.8 Å². The van der Waals surface area contributed by atoms with Gasteiger partial charge >= 0.3 is 5.69 Å². The van der Waals surface area contributed by atoms with Gasteiger partial charge in [-0.1, -0.05) is 29.8 Å². The summed E-state index contributed by atoms with van der Waals surface area (Å²) in [6, 6.07) is 9.25. The number of carbonyl (C=O) groups is 1. The van der Waals surface area contributed by atoms with Crippen LogP contribution < -0.4 is 16.6 Å². The number of rotatable bonds is 5. The lowest BCUT2D eigenvalue weighted by molar-refractivity contribution is -0.116. The summed E-state index contributed by atoms with van der Waals surface area (Å²) < 4.78 is 29.1. The molecule has 8 nitrogen and oxygen atoms in total. The van der Waals surface area contributed by atoms with Crippen LogP contribution in [0.5, 0.6) is 0 Å². The standard InChI is InChI=1S/C21H14ClF2N5O3/c22-14-4-2-1-3-12(14)10-29-20(31)18-19(26-8-7-25-18)28(21(29)32)11-17(30)27-16-9-13(23)5-6-15(16)24/h1-9H,10-11H2,(H,27,30). The highest BCUT2D eigenvalue weighted by Gasteiger charge is 2.19. The molecule has 32 heavy (non-hydrogen) atoms. The first-order valence-corrected chi connectivity index (χ1v) is 9.65. The molecule has 0 saturated heterocycles. The molecule has 2 aromatic heterocycles. The van der Waals surface area contributed by atoms with E-state index in [1.807, 2.05) is 0 Å². The predicted molar refractivity (Wildman–Crippen MR) is 114 cm³/mol. The molecule has 2 heterocycles. The van der Waals surface area contributed by atoms with Gasteiger partial charge in [0.05, 0.1) is 12.2 Å². The number of nitrogens with zero attached hydrogens (tertiary/aromatic N) is 4. The fraction of sp³-hybridized carbons (Fsp3) is 0.0952. The topological polar surface area (TPSA) is 98.9 Å². The zero-order valence-electron chi connectivity index (χ0n) is 16.3. The Morgan fingerprint density at radius 1 is 1.03 bits per heavy atom. The van der Waals surface area contributed by atoms with Gasteiger partial charge in [0.15, 0.2) is 11.2 Å². The van der Waals surface area contributed by atoms with Crippen LogP contribution in [0.15, 0.2) is 64.4 Å². The van der Waals surface area contributed by atoms with Crippen LogP contribution in [0.2, 0.25) is 5.02 Å². The Morgan fingerprint density at radius 3 is 2.56 bits per heavy atom. The van der Waals surface area contributed by atoms with E-state index in [0.29, 0.717) is 10.6 Å². The summed E-state index contributed by atoms with van der Waals surface area (Å²) in [5.41, 5.74) is -1.67. The second-order valence-corrected chi connectivity index (χ2v) is 7.16. The van der Waals surface area contributed by atoms with Crippen molar-refractivity contribution in [2.45, 2.75) is 13.1 Å². The van der Waals surface area contributed by atoms with Crippen molar-refractivity contribution in [3.8, 4) is 0 Å². The van der Waals surface area contributed by atoms with Crippen LogP contribution in [0.4, 0.5) is 14.5 Å². The average molecular weight is 458 g/mol. The van der Waals surface area contributed by atoms with Crippen LogP contribution in [0.3, 0.4) is 0 Å². The van der Waals surface area contributed by atoms with E-state index in [1.165, 1.54) is 12.4 Å². The monoisotopic (exact) mass is 457 g/mol. The maximum absolute atomic E-state index is 13.9. The molecule has 1 amide bonds. The van der Waals surface area contributed by atoms with E-state index in [1.54, 1.807) is 24.3 Å². The molecule has 1 N–H and O–H groups in total. The summed E-state index contributed by atoms with van der Waals surface area (Å²) in [5, 5.41) is 2.56. The normalized spacial score (nSPS) is 11.0. The smallest absolute Gasteiger partial charge is 0.322 e. The molecule has 0 unspecified atom stereocenters. The number of benzene rings is 2. The number of hydrogen-bond donors (Lipinski definition) is 1. The number of amides is 1. The molecule has 162 valence electrons. The Bertz CT molecular complexity index is 1470. The Balaban J connectivity index is 1.78. The molecule has 0 atom stereocenters. The summed E-state index contributed by atoms with van der Waals surface area (Å²) in [6.07, 6.45) is 2.54. The van der Waals surface area contributed by atoms with E-state index in [9.17, 15) is 23.2 Å². The van der Waals surface area contributed by atoms with Crippen LogP contribution >= 0.6 is 11.6 Å². The van der Waals surface area contributed by atoms with Crippen LogP contribution in [0.1, 0.15) is 5.56 Å². The highest BCUT2D eigenvalue weighted by molar-refractivity contribution is 6.31. The van der Waals surface area contributed by atoms with Gasteiger partial charge in [-0.3, -0.25) is 18.7 Å². The van der Waals surface area contributed by atoms with E-state index >= 15 is 0 Å². The van der Waals surface area contributed by atoms with Gasteiger partial charge in [0.1, 0.15) is 18.2 Å². The van der Waals surface area contributed by atoms with E-state index in [0.717, 1.165) is 27.3 Å². The zero-order chi connectivity index (χ0) is 22.8. The molecule has 0 aliphatic carbocycles. The Kier molecular flexibility index (Phi) is 5.78. The van der Waals surface area contributed by atoms with Gasteiger partial charge < -0.3 is 5.32 Å². The van der Waals surface area contributed by atoms with Gasteiger partial charge in [-0.2, -0.15) is 0 Å². The summed E-state index contributed by atoms with van der Waals surface area (Å²) >= 11 is 6.16. The molecule has 0 aliphatic heterocycles. The van der Waals surface area contributed by atoms with E-state index in [4.69, 9.17) is 11.6 Å². The van der Waals surface area contributed by atoms with Crippen LogP contribution in [-0.2, 0) is 17.9 Å². The van der Waals surface area contributed by atoms with Crippen LogP contribution in [0, 0.1) is 11.6 Å². The lowest BCUT2D eigenvalue weighted by Crippen LogP contribution is -2.42. The van der Waals surface area contributed by atoms with Gasteiger partial charge in [-0.15, -0.1) is 0 Å². The molecule has 2 aromatic carbocycles. The Hall–Kier alpha value is -3.92. The second kappa shape index (κ2) is 8.67. The fourth-order valence-corrected chi connectivity index (χ4v) is 3.33. The largest absolute Gasteiger partial charge is 0.333 e. The van der Waals surface area contributed by atoms with Crippen molar-refractivity contribution in [1.82, 2.24) is 19.1 Å². The predicted octanol–water partition coefficient (Wildman–Crippen LogP) is 2.57. The molecule has 0 radical (unpaired) electrons. The lowest BCUT2D eigenvalue weighted by atomic mass is 10.2. The van der Waals surface area contributed by atoms with Crippen LogP contribution in [-0.4, -0.2) is 25.0 Å². The third-order valence-corrected chi connectivity index (χ3v) is 5.00. The van der Waals surface area contributed by atoms with Gasteiger partial charge in [0.25, 0.3) is 5.56 Å². The molecular formula is C21H14ClF2N5O3. The number of nitrogens with one attached hydrogen (secondary N) is 1. The molecule has 4 aromatic rings. The van der Waals surface area contributed by atoms with Crippen molar-refractivity contribution >= 4 is 34.4 Å². The van der Waals surface area contributed by atoms with E-state index < -0.39 is 35.3 Å². The molecule has 0 fully saturated rings. The van der Waals surface area contributed by atoms with Crippen molar-refractivity contribution in [2.75, 3.05) is 5.32 Å². The van der Waals surface area contributed by atoms with Crippen molar-refractivity contribution in [1.29, 1.82) is 0 Å². The molecule has 11 heteroatoms. The first-order valence-electron chi connectivity index (χ1n) is 9.28. The Morgan fingerprint density at radius 2 is 1.78 bits per heavy atom. The molecule has 0 saturated carbocycles. The van der Waals surface area contributed by atoms with Crippen molar-refractivity contribution < 1.29 is 13.6 Å². The summed E-state index contributed by atoms with van der Waals surface area (Å²) in [5.74, 6) is -2.42. The third-order valence-electron chi connectivity index (χ3n) is 4.63. The number of aromatic nitrogens is 4. The first-order chi connectivity index (χ1) is 15.3. The minimum atomic E-state index is -0.847. The quantitative estimate of drug-likeness (QED) is 0.496. The molecule has 4 rings (SSSR count). The number of carbonyl (C=O) groups excluding carboxylic acids is 1. The average Bonchev–Trinajstić information content (AvgIpc) is 2.78. The maximum Gasteiger partial charge on any atom is 0.333 e. The zero-order valence-corrected chi connectivity index (χ0v) is 17.0. The van der Waals surface area contributed by atoms with Gasteiger partial charge in [-0.25, -0.2) is 23.5 Å². The summed E-state index contributed by atoms with van der Waals surface area (Å²) in [7, 11) is 0. The minimum absolute atomic E-state index is 0.118. The van der Waals surface area contributed by atoms with E-state index in [-0.39, 0.29) is 23.4 Å². The summed E-state index contributed by atoms with van der Waals surface area (Å²) in [6.45, 7) is -0.781. The molecule has 0 bridgehead atoms. The number of halogens is 3. The molecule has 0 spiro atoms. The number of anilines is 1. The van der Waals surface area contributed by atoms with Crippen LogP contribution in [0.25, 0.3) is 11.2 Å². The SMILES string of the molecule is O=C(Cn1c(=O)n(Cc2ccccc2Cl)c(=O)c2nccnc21)Nc1cc(F)ccc1F. The maximum atomic E-state index is 13.9. The highest BCUT2D eigenvalue weighted by atomic mass is 35.5. The number of hydrogen-bond acceptors (Lipinski definition) is 5. The number of fused-ring (bicyclic) bond motifs is 1. The Labute approximate surface area is 183 Å².